The number of nitrogens with two attached hydrogens (primary N) is 1. The Morgan fingerprint density at radius 3 is 2.16 bits per heavy atom. The molecule has 0 aromatic heterocycles. The van der Waals surface area contributed by atoms with Gasteiger partial charge in [-0.3, -0.25) is 0 Å². The first-order valence-corrected chi connectivity index (χ1v) is 6.77. The molecule has 0 saturated heterocycles. The minimum absolute atomic E-state index is 0.285. The topological polar surface area (TPSA) is 38.0 Å². The Balaban J connectivity index is 2.45. The molecule has 0 spiro atoms. The summed E-state index contributed by atoms with van der Waals surface area (Å²) < 4.78 is 14.4. The zero-order valence-corrected chi connectivity index (χ0v) is 12.7. The van der Waals surface area contributed by atoms with Gasteiger partial charge in [-0.1, -0.05) is 15.9 Å². The van der Waals surface area contributed by atoms with E-state index in [1.54, 1.807) is 13.0 Å². The van der Waals surface area contributed by atoms with Gasteiger partial charge in [-0.2, -0.15) is 0 Å². The third kappa shape index (κ3) is 2.89. The average Bonchev–Trinajstić information content (AvgIpc) is 2.29. The van der Waals surface area contributed by atoms with Gasteiger partial charge < -0.3 is 11.1 Å². The van der Waals surface area contributed by atoms with Crippen molar-refractivity contribution in [2.75, 3.05) is 11.1 Å². The highest BCUT2D eigenvalue weighted by molar-refractivity contribution is 9.10. The first-order valence-electron chi connectivity index (χ1n) is 5.98. The molecule has 0 aliphatic rings. The van der Waals surface area contributed by atoms with Crippen LogP contribution in [-0.2, 0) is 0 Å². The van der Waals surface area contributed by atoms with Crippen molar-refractivity contribution in [1.29, 1.82) is 0 Å². The second kappa shape index (κ2) is 5.21. The van der Waals surface area contributed by atoms with Crippen molar-refractivity contribution in [3.05, 3.63) is 51.2 Å². The van der Waals surface area contributed by atoms with E-state index in [1.807, 2.05) is 26.0 Å². The summed E-state index contributed by atoms with van der Waals surface area (Å²) in [6, 6.07) is 7.14. The van der Waals surface area contributed by atoms with E-state index in [0.29, 0.717) is 11.3 Å². The summed E-state index contributed by atoms with van der Waals surface area (Å²) in [5.74, 6) is -0.285. The number of anilines is 3. The predicted octanol–water partition coefficient (Wildman–Crippen LogP) is 4.84. The molecule has 0 bridgehead atoms. The molecule has 0 amide bonds. The summed E-state index contributed by atoms with van der Waals surface area (Å²) in [4.78, 5) is 0. The van der Waals surface area contributed by atoms with Crippen molar-refractivity contribution in [3.8, 4) is 0 Å². The van der Waals surface area contributed by atoms with E-state index in [-0.39, 0.29) is 5.82 Å². The Morgan fingerprint density at radius 1 is 1.00 bits per heavy atom. The van der Waals surface area contributed by atoms with Gasteiger partial charge in [-0.15, -0.1) is 0 Å². The van der Waals surface area contributed by atoms with Crippen LogP contribution in [0.5, 0.6) is 0 Å². The van der Waals surface area contributed by atoms with E-state index in [4.69, 9.17) is 5.73 Å². The van der Waals surface area contributed by atoms with Crippen molar-refractivity contribution in [1.82, 2.24) is 0 Å². The standard InChI is InChI=1S/C15H16BrFN2/c1-8-6-14(13(18)7-12(8)17)19-15-9(2)4-11(16)5-10(15)3/h4-7,19H,18H2,1-3H3. The van der Waals surface area contributed by atoms with Crippen LogP contribution in [0.3, 0.4) is 0 Å². The van der Waals surface area contributed by atoms with Crippen molar-refractivity contribution >= 4 is 33.0 Å². The van der Waals surface area contributed by atoms with Crippen LogP contribution in [0.2, 0.25) is 0 Å². The van der Waals surface area contributed by atoms with E-state index < -0.39 is 0 Å². The molecule has 0 heterocycles. The lowest BCUT2D eigenvalue weighted by molar-refractivity contribution is 0.619. The largest absolute Gasteiger partial charge is 0.397 e. The van der Waals surface area contributed by atoms with E-state index in [9.17, 15) is 4.39 Å². The highest BCUT2D eigenvalue weighted by Crippen LogP contribution is 2.31. The SMILES string of the molecule is Cc1cc(Nc2c(C)cc(Br)cc2C)c(N)cc1F. The summed E-state index contributed by atoms with van der Waals surface area (Å²) in [6.07, 6.45) is 0. The van der Waals surface area contributed by atoms with Crippen LogP contribution >= 0.6 is 15.9 Å². The minimum atomic E-state index is -0.285. The van der Waals surface area contributed by atoms with E-state index in [2.05, 4.69) is 21.2 Å². The smallest absolute Gasteiger partial charge is 0.128 e. The molecule has 2 nitrogen and oxygen atoms in total. The molecule has 100 valence electrons. The fraction of sp³-hybridized carbons (Fsp3) is 0.200. The molecule has 2 aromatic carbocycles. The molecule has 0 aliphatic heterocycles. The second-order valence-electron chi connectivity index (χ2n) is 4.73. The molecule has 0 aliphatic carbocycles. The van der Waals surface area contributed by atoms with Crippen molar-refractivity contribution in [3.63, 3.8) is 0 Å². The van der Waals surface area contributed by atoms with Crippen LogP contribution in [-0.4, -0.2) is 0 Å². The number of hydrogen-bond donors (Lipinski definition) is 2. The van der Waals surface area contributed by atoms with Crippen molar-refractivity contribution < 1.29 is 4.39 Å². The molecule has 2 aromatic rings. The number of aryl methyl sites for hydroxylation is 3. The number of halogens is 2. The van der Waals surface area contributed by atoms with Gasteiger partial charge in [0.05, 0.1) is 11.4 Å². The van der Waals surface area contributed by atoms with Gasteiger partial charge >= 0.3 is 0 Å². The first kappa shape index (κ1) is 13.9. The fourth-order valence-electron chi connectivity index (χ4n) is 2.05. The van der Waals surface area contributed by atoms with Gasteiger partial charge in [-0.05, 0) is 61.7 Å². The molecule has 3 N–H and O–H groups in total. The van der Waals surface area contributed by atoms with Crippen LogP contribution in [0.1, 0.15) is 16.7 Å². The zero-order valence-electron chi connectivity index (χ0n) is 11.1. The second-order valence-corrected chi connectivity index (χ2v) is 5.64. The number of nitrogens with one attached hydrogen (secondary N) is 1. The maximum Gasteiger partial charge on any atom is 0.128 e. The van der Waals surface area contributed by atoms with Gasteiger partial charge in [-0.25, -0.2) is 4.39 Å². The third-order valence-corrected chi connectivity index (χ3v) is 3.55. The monoisotopic (exact) mass is 322 g/mol. The lowest BCUT2D eigenvalue weighted by Gasteiger charge is -2.16. The Labute approximate surface area is 121 Å². The van der Waals surface area contributed by atoms with Crippen molar-refractivity contribution in [2.24, 2.45) is 0 Å². The Kier molecular flexibility index (Phi) is 3.80. The van der Waals surface area contributed by atoms with Crippen LogP contribution in [0.15, 0.2) is 28.7 Å². The lowest BCUT2D eigenvalue weighted by atomic mass is 10.1. The van der Waals surface area contributed by atoms with Gasteiger partial charge in [0, 0.05) is 10.2 Å². The Hall–Kier alpha value is -1.55. The number of benzene rings is 2. The summed E-state index contributed by atoms with van der Waals surface area (Å²) in [7, 11) is 0. The third-order valence-electron chi connectivity index (χ3n) is 3.09. The average molecular weight is 323 g/mol. The molecule has 0 atom stereocenters. The summed E-state index contributed by atoms with van der Waals surface area (Å²) in [5, 5.41) is 3.29. The van der Waals surface area contributed by atoms with E-state index >= 15 is 0 Å². The highest BCUT2D eigenvalue weighted by atomic mass is 79.9. The zero-order chi connectivity index (χ0) is 14.2. The van der Waals surface area contributed by atoms with Crippen molar-refractivity contribution in [2.45, 2.75) is 20.8 Å². The minimum Gasteiger partial charge on any atom is -0.397 e. The molecule has 0 saturated carbocycles. The number of hydrogen-bond acceptors (Lipinski definition) is 2. The maximum atomic E-state index is 13.4. The quantitative estimate of drug-likeness (QED) is 0.776. The van der Waals surface area contributed by atoms with Gasteiger partial charge in [0.15, 0.2) is 0 Å². The summed E-state index contributed by atoms with van der Waals surface area (Å²) >= 11 is 3.47. The molecule has 4 heteroatoms. The predicted molar refractivity (Wildman–Crippen MR) is 82.4 cm³/mol. The molecule has 2 rings (SSSR count). The van der Waals surface area contributed by atoms with E-state index in [1.165, 1.54) is 6.07 Å². The fourth-order valence-corrected chi connectivity index (χ4v) is 2.73. The molecule has 0 unspecified atom stereocenters. The molecule has 19 heavy (non-hydrogen) atoms. The lowest BCUT2D eigenvalue weighted by Crippen LogP contribution is -2.01. The first-order chi connectivity index (χ1) is 8.88. The summed E-state index contributed by atoms with van der Waals surface area (Å²) in [5.41, 5.74) is 10.8. The van der Waals surface area contributed by atoms with E-state index in [0.717, 1.165) is 27.0 Å². The van der Waals surface area contributed by atoms with Crippen LogP contribution < -0.4 is 11.1 Å². The molecular weight excluding hydrogens is 307 g/mol. The van der Waals surface area contributed by atoms with Crippen LogP contribution in [0.25, 0.3) is 0 Å². The highest BCUT2D eigenvalue weighted by Gasteiger charge is 2.09. The van der Waals surface area contributed by atoms with Gasteiger partial charge in [0.2, 0.25) is 0 Å². The Morgan fingerprint density at radius 2 is 1.58 bits per heavy atom. The normalized spacial score (nSPS) is 10.6. The van der Waals surface area contributed by atoms with Gasteiger partial charge in [0.1, 0.15) is 5.82 Å². The molecule has 0 fully saturated rings. The van der Waals surface area contributed by atoms with Gasteiger partial charge in [0.25, 0.3) is 0 Å². The number of rotatable bonds is 2. The van der Waals surface area contributed by atoms with Crippen LogP contribution in [0.4, 0.5) is 21.5 Å². The van der Waals surface area contributed by atoms with Crippen LogP contribution in [0, 0.1) is 26.6 Å². The maximum absolute atomic E-state index is 13.4. The number of nitrogen functional groups attached to an aromatic ring is 1. The molecule has 0 radical (unpaired) electrons. The Bertz CT molecular complexity index is 615. The summed E-state index contributed by atoms with van der Waals surface area (Å²) in [6.45, 7) is 5.76. The molecular formula is C15H16BrFN2.